The summed E-state index contributed by atoms with van der Waals surface area (Å²) in [7, 11) is 0. The second-order valence-corrected chi connectivity index (χ2v) is 4.92. The highest BCUT2D eigenvalue weighted by Gasteiger charge is 2.31. The van der Waals surface area contributed by atoms with Crippen LogP contribution in [0.4, 0.5) is 4.39 Å². The second kappa shape index (κ2) is 4.05. The SMILES string of the molecule is Cc1cc(C(C)(C)C(=O)O)nc2ccc(F)cc12. The standard InChI is InChI=1S/C14H14FNO2/c1-8-6-12(14(2,3)13(17)18)16-11-5-4-9(15)7-10(8)11/h4-7H,1-3H3,(H,17,18). The number of carbonyl (C=O) groups is 1. The van der Waals surface area contributed by atoms with E-state index in [-0.39, 0.29) is 5.82 Å². The number of hydrogen-bond acceptors (Lipinski definition) is 2. The minimum absolute atomic E-state index is 0.322. The monoisotopic (exact) mass is 247 g/mol. The van der Waals surface area contributed by atoms with Crippen LogP contribution in [0.25, 0.3) is 10.9 Å². The molecule has 4 heteroatoms. The number of halogens is 1. The van der Waals surface area contributed by atoms with Crippen LogP contribution >= 0.6 is 0 Å². The molecule has 0 bridgehead atoms. The summed E-state index contributed by atoms with van der Waals surface area (Å²) in [6, 6.07) is 6.01. The number of carboxylic acid groups (broad SMARTS) is 1. The third kappa shape index (κ3) is 1.94. The maximum absolute atomic E-state index is 13.2. The van der Waals surface area contributed by atoms with Crippen molar-refractivity contribution in [3.05, 3.63) is 41.3 Å². The zero-order valence-electron chi connectivity index (χ0n) is 10.5. The number of fused-ring (bicyclic) bond motifs is 1. The maximum Gasteiger partial charge on any atom is 0.315 e. The molecule has 0 spiro atoms. The first-order valence-electron chi connectivity index (χ1n) is 5.63. The van der Waals surface area contributed by atoms with Gasteiger partial charge in [0.1, 0.15) is 11.2 Å². The first-order valence-corrected chi connectivity index (χ1v) is 5.63. The molecule has 2 aromatic rings. The van der Waals surface area contributed by atoms with Gasteiger partial charge in [0.15, 0.2) is 0 Å². The Hall–Kier alpha value is -1.97. The zero-order valence-corrected chi connectivity index (χ0v) is 10.5. The number of aryl methyl sites for hydroxylation is 1. The van der Waals surface area contributed by atoms with Crippen LogP contribution in [0.5, 0.6) is 0 Å². The molecular weight excluding hydrogens is 233 g/mol. The Balaban J connectivity index is 2.70. The molecular formula is C14H14FNO2. The van der Waals surface area contributed by atoms with Crippen LogP contribution < -0.4 is 0 Å². The fourth-order valence-electron chi connectivity index (χ4n) is 1.80. The smallest absolute Gasteiger partial charge is 0.315 e. The largest absolute Gasteiger partial charge is 0.481 e. The van der Waals surface area contributed by atoms with Crippen LogP contribution in [-0.2, 0) is 10.2 Å². The molecule has 0 amide bonds. The molecule has 1 heterocycles. The number of hydrogen-bond donors (Lipinski definition) is 1. The van der Waals surface area contributed by atoms with E-state index in [2.05, 4.69) is 4.98 Å². The average Bonchev–Trinajstić information content (AvgIpc) is 2.29. The Kier molecular flexibility index (Phi) is 2.81. The Morgan fingerprint density at radius 2 is 2.00 bits per heavy atom. The average molecular weight is 247 g/mol. The molecule has 0 atom stereocenters. The predicted molar refractivity (Wildman–Crippen MR) is 67.1 cm³/mol. The van der Waals surface area contributed by atoms with Gasteiger partial charge in [0.25, 0.3) is 0 Å². The quantitative estimate of drug-likeness (QED) is 0.887. The normalized spacial score (nSPS) is 11.8. The molecule has 0 aliphatic heterocycles. The number of aromatic nitrogens is 1. The molecule has 2 rings (SSSR count). The number of rotatable bonds is 2. The highest BCUT2D eigenvalue weighted by atomic mass is 19.1. The summed E-state index contributed by atoms with van der Waals surface area (Å²) in [6.07, 6.45) is 0. The van der Waals surface area contributed by atoms with Crippen LogP contribution in [0.15, 0.2) is 24.3 Å². The van der Waals surface area contributed by atoms with Gasteiger partial charge in [0.2, 0.25) is 0 Å². The van der Waals surface area contributed by atoms with E-state index >= 15 is 0 Å². The first-order chi connectivity index (χ1) is 8.32. The van der Waals surface area contributed by atoms with Crippen molar-refractivity contribution in [1.29, 1.82) is 0 Å². The summed E-state index contributed by atoms with van der Waals surface area (Å²) in [5.74, 6) is -1.26. The van der Waals surface area contributed by atoms with Gasteiger partial charge in [-0.3, -0.25) is 9.78 Å². The van der Waals surface area contributed by atoms with Crippen molar-refractivity contribution in [2.45, 2.75) is 26.2 Å². The van der Waals surface area contributed by atoms with Crippen molar-refractivity contribution in [2.75, 3.05) is 0 Å². The van der Waals surface area contributed by atoms with E-state index in [1.165, 1.54) is 12.1 Å². The van der Waals surface area contributed by atoms with E-state index in [0.717, 1.165) is 5.56 Å². The van der Waals surface area contributed by atoms with Crippen LogP contribution in [0.2, 0.25) is 0 Å². The number of nitrogens with zero attached hydrogens (tertiary/aromatic N) is 1. The Morgan fingerprint density at radius 3 is 2.61 bits per heavy atom. The third-order valence-corrected chi connectivity index (χ3v) is 3.15. The van der Waals surface area contributed by atoms with Crippen LogP contribution in [0.3, 0.4) is 0 Å². The van der Waals surface area contributed by atoms with E-state index in [0.29, 0.717) is 16.6 Å². The molecule has 1 aromatic carbocycles. The lowest BCUT2D eigenvalue weighted by Gasteiger charge is -2.19. The van der Waals surface area contributed by atoms with Crippen molar-refractivity contribution in [2.24, 2.45) is 0 Å². The second-order valence-electron chi connectivity index (χ2n) is 4.92. The molecule has 0 unspecified atom stereocenters. The summed E-state index contributed by atoms with van der Waals surface area (Å²) in [6.45, 7) is 5.03. The molecule has 0 aliphatic carbocycles. The summed E-state index contributed by atoms with van der Waals surface area (Å²) in [4.78, 5) is 15.5. The van der Waals surface area contributed by atoms with Gasteiger partial charge >= 0.3 is 5.97 Å². The van der Waals surface area contributed by atoms with E-state index in [4.69, 9.17) is 0 Å². The lowest BCUT2D eigenvalue weighted by Crippen LogP contribution is -2.29. The van der Waals surface area contributed by atoms with Crippen molar-refractivity contribution >= 4 is 16.9 Å². The van der Waals surface area contributed by atoms with Crippen molar-refractivity contribution in [3.8, 4) is 0 Å². The summed E-state index contributed by atoms with van der Waals surface area (Å²) < 4.78 is 13.2. The maximum atomic E-state index is 13.2. The van der Waals surface area contributed by atoms with Gasteiger partial charge in [0.05, 0.1) is 11.2 Å². The van der Waals surface area contributed by atoms with Crippen LogP contribution in [0.1, 0.15) is 25.1 Å². The van der Waals surface area contributed by atoms with Gasteiger partial charge < -0.3 is 5.11 Å². The Labute approximate surface area is 104 Å². The number of benzene rings is 1. The van der Waals surface area contributed by atoms with E-state index in [1.54, 1.807) is 26.0 Å². The zero-order chi connectivity index (χ0) is 13.5. The highest BCUT2D eigenvalue weighted by Crippen LogP contribution is 2.26. The molecule has 1 aromatic heterocycles. The highest BCUT2D eigenvalue weighted by molar-refractivity contribution is 5.85. The topological polar surface area (TPSA) is 50.2 Å². The lowest BCUT2D eigenvalue weighted by molar-refractivity contribution is -0.142. The fourth-order valence-corrected chi connectivity index (χ4v) is 1.80. The predicted octanol–water partition coefficient (Wildman–Crippen LogP) is 3.04. The molecule has 0 saturated carbocycles. The number of aliphatic carboxylic acids is 1. The molecule has 0 fully saturated rings. The minimum atomic E-state index is -1.06. The molecule has 0 radical (unpaired) electrons. The molecule has 0 aliphatic rings. The molecule has 94 valence electrons. The van der Waals surface area contributed by atoms with Gasteiger partial charge in [-0.25, -0.2) is 4.39 Å². The van der Waals surface area contributed by atoms with Crippen LogP contribution in [0, 0.1) is 12.7 Å². The fraction of sp³-hybridized carbons (Fsp3) is 0.286. The van der Waals surface area contributed by atoms with Crippen molar-refractivity contribution in [1.82, 2.24) is 4.98 Å². The van der Waals surface area contributed by atoms with Crippen molar-refractivity contribution in [3.63, 3.8) is 0 Å². The first kappa shape index (κ1) is 12.5. The van der Waals surface area contributed by atoms with Gasteiger partial charge in [-0.2, -0.15) is 0 Å². The summed E-state index contributed by atoms with van der Waals surface area (Å²) in [5.41, 5.74) is 0.851. The van der Waals surface area contributed by atoms with Gasteiger partial charge in [-0.15, -0.1) is 0 Å². The van der Waals surface area contributed by atoms with E-state index in [9.17, 15) is 14.3 Å². The molecule has 0 saturated heterocycles. The molecule has 18 heavy (non-hydrogen) atoms. The Bertz CT molecular complexity index is 635. The number of pyridine rings is 1. The van der Waals surface area contributed by atoms with E-state index in [1.807, 2.05) is 6.92 Å². The van der Waals surface area contributed by atoms with Gasteiger partial charge in [0, 0.05) is 5.39 Å². The van der Waals surface area contributed by atoms with Crippen molar-refractivity contribution < 1.29 is 14.3 Å². The summed E-state index contributed by atoms with van der Waals surface area (Å²) >= 11 is 0. The lowest BCUT2D eigenvalue weighted by atomic mass is 9.87. The van der Waals surface area contributed by atoms with E-state index < -0.39 is 11.4 Å². The van der Waals surface area contributed by atoms with Gasteiger partial charge in [-0.1, -0.05) is 0 Å². The van der Waals surface area contributed by atoms with Crippen LogP contribution in [-0.4, -0.2) is 16.1 Å². The minimum Gasteiger partial charge on any atom is -0.481 e. The molecule has 3 nitrogen and oxygen atoms in total. The summed E-state index contributed by atoms with van der Waals surface area (Å²) in [5, 5.41) is 9.91. The van der Waals surface area contributed by atoms with Gasteiger partial charge in [-0.05, 0) is 50.6 Å². The third-order valence-electron chi connectivity index (χ3n) is 3.15. The molecule has 1 N–H and O–H groups in total. The number of carboxylic acids is 1. The Morgan fingerprint density at radius 1 is 1.33 bits per heavy atom.